The molecule has 0 aliphatic carbocycles. The third kappa shape index (κ3) is 3.04. The maximum atomic E-state index is 12.5. The molecule has 118 valence electrons. The largest absolute Gasteiger partial charge is 0.495 e. The van der Waals surface area contributed by atoms with Gasteiger partial charge in [0.05, 0.1) is 18.4 Å². The predicted molar refractivity (Wildman–Crippen MR) is 85.7 cm³/mol. The van der Waals surface area contributed by atoms with Gasteiger partial charge in [-0.1, -0.05) is 24.3 Å². The highest BCUT2D eigenvalue weighted by molar-refractivity contribution is 6.00. The number of carbonyl (C=O) groups is 2. The average Bonchev–Trinajstić information content (AvgIpc) is 2.55. The lowest BCUT2D eigenvalue weighted by Crippen LogP contribution is -2.38. The number of rotatable bonds is 3. The van der Waals surface area contributed by atoms with E-state index >= 15 is 0 Å². The van der Waals surface area contributed by atoms with Gasteiger partial charge in [-0.25, -0.2) is 4.79 Å². The van der Waals surface area contributed by atoms with E-state index in [4.69, 9.17) is 9.47 Å². The van der Waals surface area contributed by atoms with Crippen molar-refractivity contribution in [3.05, 3.63) is 59.2 Å². The Kier molecular flexibility index (Phi) is 4.02. The molecule has 0 spiro atoms. The monoisotopic (exact) mass is 311 g/mol. The molecule has 23 heavy (non-hydrogen) atoms. The number of amides is 1. The zero-order valence-electron chi connectivity index (χ0n) is 13.0. The molecule has 3 rings (SSSR count). The molecule has 0 saturated carbocycles. The predicted octanol–water partition coefficient (Wildman–Crippen LogP) is 2.72. The van der Waals surface area contributed by atoms with Crippen molar-refractivity contribution >= 4 is 17.6 Å². The summed E-state index contributed by atoms with van der Waals surface area (Å²) in [5.41, 5.74) is 2.89. The van der Waals surface area contributed by atoms with E-state index < -0.39 is 12.1 Å². The fourth-order valence-electron chi connectivity index (χ4n) is 2.61. The van der Waals surface area contributed by atoms with Gasteiger partial charge in [0.15, 0.2) is 6.10 Å². The van der Waals surface area contributed by atoms with Crippen molar-refractivity contribution in [3.8, 4) is 5.75 Å². The van der Waals surface area contributed by atoms with E-state index in [0.717, 1.165) is 11.1 Å². The molecular weight excluding hydrogens is 294 g/mol. The van der Waals surface area contributed by atoms with Gasteiger partial charge < -0.3 is 14.8 Å². The van der Waals surface area contributed by atoms with Crippen LogP contribution in [0.4, 0.5) is 5.69 Å². The van der Waals surface area contributed by atoms with Crippen LogP contribution in [0.5, 0.6) is 5.75 Å². The maximum absolute atomic E-state index is 12.5. The first kappa shape index (κ1) is 15.1. The van der Waals surface area contributed by atoms with Crippen molar-refractivity contribution in [2.45, 2.75) is 19.4 Å². The van der Waals surface area contributed by atoms with Crippen molar-refractivity contribution in [1.82, 2.24) is 0 Å². The SMILES string of the molecule is COc1ccc(C)cc1NC(=O)[C@@H]1Cc2ccccc2C(=O)O1. The smallest absolute Gasteiger partial charge is 0.339 e. The van der Waals surface area contributed by atoms with Crippen LogP contribution in [0, 0.1) is 6.92 Å². The van der Waals surface area contributed by atoms with E-state index in [9.17, 15) is 9.59 Å². The van der Waals surface area contributed by atoms with Gasteiger partial charge in [-0.3, -0.25) is 4.79 Å². The van der Waals surface area contributed by atoms with E-state index in [-0.39, 0.29) is 5.91 Å². The average molecular weight is 311 g/mol. The van der Waals surface area contributed by atoms with Gasteiger partial charge in [-0.05, 0) is 36.2 Å². The van der Waals surface area contributed by atoms with Crippen molar-refractivity contribution < 1.29 is 19.1 Å². The Balaban J connectivity index is 1.80. The first-order chi connectivity index (χ1) is 11.1. The number of hydrogen-bond donors (Lipinski definition) is 1. The summed E-state index contributed by atoms with van der Waals surface area (Å²) < 4.78 is 10.5. The highest BCUT2D eigenvalue weighted by Gasteiger charge is 2.31. The number of carbonyl (C=O) groups excluding carboxylic acids is 2. The normalized spacial score (nSPS) is 16.3. The van der Waals surface area contributed by atoms with Crippen molar-refractivity contribution in [3.63, 3.8) is 0 Å². The topological polar surface area (TPSA) is 64.6 Å². The Bertz CT molecular complexity index is 769. The minimum Gasteiger partial charge on any atom is -0.495 e. The Labute approximate surface area is 134 Å². The third-order valence-electron chi connectivity index (χ3n) is 3.80. The van der Waals surface area contributed by atoms with Crippen LogP contribution in [0.1, 0.15) is 21.5 Å². The van der Waals surface area contributed by atoms with E-state index in [1.54, 1.807) is 18.2 Å². The molecule has 1 amide bonds. The number of anilines is 1. The van der Waals surface area contributed by atoms with Crippen LogP contribution in [0.25, 0.3) is 0 Å². The van der Waals surface area contributed by atoms with Crippen LogP contribution in [-0.2, 0) is 16.0 Å². The number of hydrogen-bond acceptors (Lipinski definition) is 4. The second kappa shape index (κ2) is 6.12. The summed E-state index contributed by atoms with van der Waals surface area (Å²) in [6.07, 6.45) is -0.482. The number of aryl methyl sites for hydroxylation is 1. The number of benzene rings is 2. The molecule has 5 heteroatoms. The molecular formula is C18H17NO4. The molecule has 1 N–H and O–H groups in total. The van der Waals surface area contributed by atoms with Gasteiger partial charge in [0.2, 0.25) is 0 Å². The minimum atomic E-state index is -0.845. The van der Waals surface area contributed by atoms with E-state index in [0.29, 0.717) is 23.4 Å². The Morgan fingerprint density at radius 1 is 1.26 bits per heavy atom. The molecule has 0 unspecified atom stereocenters. The van der Waals surface area contributed by atoms with Gasteiger partial charge in [-0.2, -0.15) is 0 Å². The van der Waals surface area contributed by atoms with Gasteiger partial charge in [0, 0.05) is 6.42 Å². The Morgan fingerprint density at radius 3 is 2.83 bits per heavy atom. The summed E-state index contributed by atoms with van der Waals surface area (Å²) in [6.45, 7) is 1.92. The van der Waals surface area contributed by atoms with Gasteiger partial charge in [0.25, 0.3) is 5.91 Å². The van der Waals surface area contributed by atoms with Crippen molar-refractivity contribution in [2.75, 3.05) is 12.4 Å². The van der Waals surface area contributed by atoms with Crippen LogP contribution in [0.3, 0.4) is 0 Å². The molecule has 5 nitrogen and oxygen atoms in total. The lowest BCUT2D eigenvalue weighted by Gasteiger charge is -2.24. The molecule has 1 atom stereocenters. The summed E-state index contributed by atoms with van der Waals surface area (Å²) >= 11 is 0. The summed E-state index contributed by atoms with van der Waals surface area (Å²) in [5, 5.41) is 2.78. The highest BCUT2D eigenvalue weighted by Crippen LogP contribution is 2.27. The van der Waals surface area contributed by atoms with Crippen LogP contribution >= 0.6 is 0 Å². The summed E-state index contributed by atoms with van der Waals surface area (Å²) in [4.78, 5) is 24.5. The number of nitrogens with one attached hydrogen (secondary N) is 1. The third-order valence-corrected chi connectivity index (χ3v) is 3.80. The zero-order valence-corrected chi connectivity index (χ0v) is 13.0. The van der Waals surface area contributed by atoms with Gasteiger partial charge in [0.1, 0.15) is 5.75 Å². The fourth-order valence-corrected chi connectivity index (χ4v) is 2.61. The Hall–Kier alpha value is -2.82. The quantitative estimate of drug-likeness (QED) is 0.885. The number of methoxy groups -OCH3 is 1. The second-order valence-electron chi connectivity index (χ2n) is 5.45. The molecule has 0 bridgehead atoms. The number of fused-ring (bicyclic) bond motifs is 1. The van der Waals surface area contributed by atoms with Crippen molar-refractivity contribution in [1.29, 1.82) is 0 Å². The first-order valence-corrected chi connectivity index (χ1v) is 7.33. The van der Waals surface area contributed by atoms with Crippen LogP contribution in [-0.4, -0.2) is 25.1 Å². The van der Waals surface area contributed by atoms with Crippen LogP contribution < -0.4 is 10.1 Å². The van der Waals surface area contributed by atoms with E-state index in [1.165, 1.54) is 7.11 Å². The standard InChI is InChI=1S/C18H17NO4/c1-11-7-8-15(22-2)14(9-11)19-17(20)16-10-12-5-3-4-6-13(12)18(21)23-16/h3-9,16H,10H2,1-2H3,(H,19,20)/t16-/m0/s1. The molecule has 2 aromatic rings. The van der Waals surface area contributed by atoms with Gasteiger partial charge in [-0.15, -0.1) is 0 Å². The molecule has 1 heterocycles. The molecule has 0 fully saturated rings. The maximum Gasteiger partial charge on any atom is 0.339 e. The minimum absolute atomic E-state index is 0.363. The molecule has 0 saturated heterocycles. The number of ether oxygens (including phenoxy) is 2. The highest BCUT2D eigenvalue weighted by atomic mass is 16.5. The molecule has 2 aromatic carbocycles. The van der Waals surface area contributed by atoms with Crippen LogP contribution in [0.15, 0.2) is 42.5 Å². The summed E-state index contributed by atoms with van der Waals surface area (Å²) in [6, 6.07) is 12.7. The van der Waals surface area contributed by atoms with Crippen molar-refractivity contribution in [2.24, 2.45) is 0 Å². The lowest BCUT2D eigenvalue weighted by atomic mass is 9.98. The lowest BCUT2D eigenvalue weighted by molar-refractivity contribution is -0.125. The summed E-state index contributed by atoms with van der Waals surface area (Å²) in [7, 11) is 1.54. The fraction of sp³-hybridized carbons (Fsp3) is 0.222. The first-order valence-electron chi connectivity index (χ1n) is 7.33. The summed E-state index contributed by atoms with van der Waals surface area (Å²) in [5.74, 6) is -0.272. The molecule has 0 aromatic heterocycles. The Morgan fingerprint density at radius 2 is 2.04 bits per heavy atom. The molecule has 0 radical (unpaired) electrons. The van der Waals surface area contributed by atoms with Crippen LogP contribution in [0.2, 0.25) is 0 Å². The zero-order chi connectivity index (χ0) is 16.4. The second-order valence-corrected chi connectivity index (χ2v) is 5.45. The number of cyclic esters (lactones) is 1. The number of esters is 1. The molecule has 1 aliphatic rings. The molecule has 1 aliphatic heterocycles. The van der Waals surface area contributed by atoms with Gasteiger partial charge >= 0.3 is 5.97 Å². The van der Waals surface area contributed by atoms with E-state index in [2.05, 4.69) is 5.32 Å². The van der Waals surface area contributed by atoms with E-state index in [1.807, 2.05) is 31.2 Å².